The number of nitrogens with one attached hydrogen (secondary N) is 2. The monoisotopic (exact) mass is 290 g/mol. The standard InChI is InChI=1S/C15H15FN2O3/c1-21-15(20)18-13-5-3-12(4-6-13)17-9-10-8-11(16)2-7-14(10)19/h2-8,17,19H,9H2,1H3,(H,18,20). The highest BCUT2D eigenvalue weighted by Gasteiger charge is 2.04. The molecule has 5 nitrogen and oxygen atoms in total. The highest BCUT2D eigenvalue weighted by Crippen LogP contribution is 2.20. The van der Waals surface area contributed by atoms with Crippen molar-refractivity contribution >= 4 is 17.5 Å². The van der Waals surface area contributed by atoms with E-state index in [9.17, 15) is 14.3 Å². The van der Waals surface area contributed by atoms with Gasteiger partial charge in [0.25, 0.3) is 0 Å². The Labute approximate surface area is 121 Å². The Bertz CT molecular complexity index is 629. The van der Waals surface area contributed by atoms with E-state index in [0.29, 0.717) is 11.3 Å². The minimum absolute atomic E-state index is 0.0351. The number of ether oxygens (including phenoxy) is 1. The minimum Gasteiger partial charge on any atom is -0.508 e. The number of methoxy groups -OCH3 is 1. The van der Waals surface area contributed by atoms with Crippen molar-refractivity contribution in [2.45, 2.75) is 6.54 Å². The molecule has 0 heterocycles. The van der Waals surface area contributed by atoms with Gasteiger partial charge in [0.2, 0.25) is 0 Å². The van der Waals surface area contributed by atoms with Gasteiger partial charge in [-0.1, -0.05) is 0 Å². The molecule has 0 radical (unpaired) electrons. The summed E-state index contributed by atoms with van der Waals surface area (Å²) in [5.41, 5.74) is 1.84. The Morgan fingerprint density at radius 1 is 1.19 bits per heavy atom. The molecule has 0 aliphatic heterocycles. The molecule has 0 aromatic heterocycles. The Hall–Kier alpha value is -2.76. The zero-order valence-corrected chi connectivity index (χ0v) is 11.4. The normalized spacial score (nSPS) is 10.0. The van der Waals surface area contributed by atoms with Crippen molar-refractivity contribution in [3.8, 4) is 5.75 Å². The number of benzene rings is 2. The minimum atomic E-state index is -0.541. The number of phenols is 1. The van der Waals surface area contributed by atoms with Gasteiger partial charge in [0.15, 0.2) is 0 Å². The van der Waals surface area contributed by atoms with Crippen molar-refractivity contribution in [1.82, 2.24) is 0 Å². The van der Waals surface area contributed by atoms with E-state index in [1.54, 1.807) is 24.3 Å². The van der Waals surface area contributed by atoms with Crippen molar-refractivity contribution in [3.05, 3.63) is 53.8 Å². The average molecular weight is 290 g/mol. The van der Waals surface area contributed by atoms with Crippen LogP contribution in [0, 0.1) is 5.82 Å². The predicted molar refractivity (Wildman–Crippen MR) is 77.9 cm³/mol. The van der Waals surface area contributed by atoms with Gasteiger partial charge in [0.05, 0.1) is 7.11 Å². The van der Waals surface area contributed by atoms with Crippen LogP contribution in [0.25, 0.3) is 0 Å². The SMILES string of the molecule is COC(=O)Nc1ccc(NCc2cc(F)ccc2O)cc1. The van der Waals surface area contributed by atoms with E-state index in [0.717, 1.165) is 5.69 Å². The molecular formula is C15H15FN2O3. The fourth-order valence-corrected chi connectivity index (χ4v) is 1.73. The fourth-order valence-electron chi connectivity index (χ4n) is 1.73. The van der Waals surface area contributed by atoms with Crippen LogP contribution in [0.1, 0.15) is 5.56 Å². The third kappa shape index (κ3) is 4.10. The molecule has 0 bridgehead atoms. The van der Waals surface area contributed by atoms with Gasteiger partial charge in [0.1, 0.15) is 11.6 Å². The Morgan fingerprint density at radius 3 is 2.52 bits per heavy atom. The van der Waals surface area contributed by atoms with E-state index in [4.69, 9.17) is 0 Å². The van der Waals surface area contributed by atoms with Gasteiger partial charge in [-0.2, -0.15) is 0 Å². The summed E-state index contributed by atoms with van der Waals surface area (Å²) in [6, 6.07) is 10.7. The first-order valence-corrected chi connectivity index (χ1v) is 6.25. The highest BCUT2D eigenvalue weighted by molar-refractivity contribution is 5.84. The van der Waals surface area contributed by atoms with Crippen LogP contribution in [0.5, 0.6) is 5.75 Å². The topological polar surface area (TPSA) is 70.6 Å². The van der Waals surface area contributed by atoms with Crippen molar-refractivity contribution in [3.63, 3.8) is 0 Å². The van der Waals surface area contributed by atoms with Gasteiger partial charge in [0, 0.05) is 23.5 Å². The molecule has 0 aliphatic carbocycles. The van der Waals surface area contributed by atoms with Crippen molar-refractivity contribution in [1.29, 1.82) is 0 Å². The largest absolute Gasteiger partial charge is 0.508 e. The number of halogens is 1. The molecule has 0 atom stereocenters. The summed E-state index contributed by atoms with van der Waals surface area (Å²) in [5, 5.41) is 15.2. The third-order valence-corrected chi connectivity index (χ3v) is 2.84. The van der Waals surface area contributed by atoms with Gasteiger partial charge in [-0.15, -0.1) is 0 Å². The third-order valence-electron chi connectivity index (χ3n) is 2.84. The summed E-state index contributed by atoms with van der Waals surface area (Å²) < 4.78 is 17.6. The van der Waals surface area contributed by atoms with E-state index in [2.05, 4.69) is 15.4 Å². The molecule has 21 heavy (non-hydrogen) atoms. The van der Waals surface area contributed by atoms with E-state index in [1.807, 2.05) is 0 Å². The summed E-state index contributed by atoms with van der Waals surface area (Å²) in [6.45, 7) is 0.285. The number of hydrogen-bond acceptors (Lipinski definition) is 4. The molecule has 2 rings (SSSR count). The molecule has 0 fully saturated rings. The second-order valence-electron chi connectivity index (χ2n) is 4.32. The number of hydrogen-bond donors (Lipinski definition) is 3. The summed E-state index contributed by atoms with van der Waals surface area (Å²) in [6.07, 6.45) is -0.541. The van der Waals surface area contributed by atoms with Gasteiger partial charge < -0.3 is 15.2 Å². The lowest BCUT2D eigenvalue weighted by Gasteiger charge is -2.09. The molecule has 2 aromatic carbocycles. The summed E-state index contributed by atoms with van der Waals surface area (Å²) >= 11 is 0. The number of phenolic OH excluding ortho intramolecular Hbond substituents is 1. The van der Waals surface area contributed by atoms with E-state index < -0.39 is 11.9 Å². The zero-order valence-electron chi connectivity index (χ0n) is 11.4. The molecule has 0 saturated heterocycles. The first kappa shape index (κ1) is 14.6. The highest BCUT2D eigenvalue weighted by atomic mass is 19.1. The van der Waals surface area contributed by atoms with E-state index in [-0.39, 0.29) is 12.3 Å². The quantitative estimate of drug-likeness (QED) is 0.808. The summed E-state index contributed by atoms with van der Waals surface area (Å²) in [5.74, 6) is -0.366. The van der Waals surface area contributed by atoms with Crippen LogP contribution in [0.4, 0.5) is 20.6 Å². The number of carbonyl (C=O) groups excluding carboxylic acids is 1. The van der Waals surface area contributed by atoms with Crippen molar-refractivity contribution in [2.75, 3.05) is 17.7 Å². The average Bonchev–Trinajstić information content (AvgIpc) is 2.49. The molecule has 3 N–H and O–H groups in total. The number of carbonyl (C=O) groups is 1. The van der Waals surface area contributed by atoms with Crippen LogP contribution in [-0.2, 0) is 11.3 Å². The summed E-state index contributed by atoms with van der Waals surface area (Å²) in [4.78, 5) is 11.0. The first-order chi connectivity index (χ1) is 10.1. The van der Waals surface area contributed by atoms with Gasteiger partial charge in [-0.05, 0) is 42.5 Å². The van der Waals surface area contributed by atoms with E-state index >= 15 is 0 Å². The molecular weight excluding hydrogens is 275 g/mol. The lowest BCUT2D eigenvalue weighted by molar-refractivity contribution is 0.187. The molecule has 0 aliphatic rings. The van der Waals surface area contributed by atoms with Crippen molar-refractivity contribution in [2.24, 2.45) is 0 Å². The number of amides is 1. The number of rotatable bonds is 4. The number of aromatic hydroxyl groups is 1. The maximum atomic E-state index is 13.1. The van der Waals surface area contributed by atoms with Crippen LogP contribution in [0.3, 0.4) is 0 Å². The Morgan fingerprint density at radius 2 is 1.86 bits per heavy atom. The van der Waals surface area contributed by atoms with Crippen LogP contribution < -0.4 is 10.6 Å². The van der Waals surface area contributed by atoms with Gasteiger partial charge >= 0.3 is 6.09 Å². The molecule has 1 amide bonds. The maximum Gasteiger partial charge on any atom is 0.411 e. The molecule has 6 heteroatoms. The van der Waals surface area contributed by atoms with Crippen LogP contribution in [0.15, 0.2) is 42.5 Å². The maximum absolute atomic E-state index is 13.1. The second-order valence-corrected chi connectivity index (χ2v) is 4.32. The smallest absolute Gasteiger partial charge is 0.411 e. The first-order valence-electron chi connectivity index (χ1n) is 6.25. The molecule has 0 spiro atoms. The van der Waals surface area contributed by atoms with Crippen LogP contribution >= 0.6 is 0 Å². The fraction of sp³-hybridized carbons (Fsp3) is 0.133. The molecule has 0 unspecified atom stereocenters. The Kier molecular flexibility index (Phi) is 4.61. The van der Waals surface area contributed by atoms with Crippen LogP contribution in [-0.4, -0.2) is 18.3 Å². The molecule has 2 aromatic rings. The second kappa shape index (κ2) is 6.60. The van der Waals surface area contributed by atoms with Gasteiger partial charge in [-0.25, -0.2) is 9.18 Å². The van der Waals surface area contributed by atoms with E-state index in [1.165, 1.54) is 25.3 Å². The zero-order chi connectivity index (χ0) is 15.2. The van der Waals surface area contributed by atoms with Crippen LogP contribution in [0.2, 0.25) is 0 Å². The number of anilines is 2. The van der Waals surface area contributed by atoms with Gasteiger partial charge in [-0.3, -0.25) is 5.32 Å². The molecule has 0 saturated carbocycles. The Balaban J connectivity index is 1.97. The molecule has 110 valence electrons. The van der Waals surface area contributed by atoms with Crippen molar-refractivity contribution < 1.29 is 19.0 Å². The lowest BCUT2D eigenvalue weighted by atomic mass is 10.2. The lowest BCUT2D eigenvalue weighted by Crippen LogP contribution is -2.10. The summed E-state index contributed by atoms with van der Waals surface area (Å²) in [7, 11) is 1.29. The predicted octanol–water partition coefficient (Wildman–Crippen LogP) is 3.32.